The second kappa shape index (κ2) is 5.41. The average Bonchev–Trinajstić information content (AvgIpc) is 2.38. The van der Waals surface area contributed by atoms with Gasteiger partial charge in [0.15, 0.2) is 0 Å². The van der Waals surface area contributed by atoms with Crippen molar-refractivity contribution in [1.29, 1.82) is 0 Å². The highest BCUT2D eigenvalue weighted by atomic mass is 15.3. The summed E-state index contributed by atoms with van der Waals surface area (Å²) in [5.41, 5.74) is 2.79. The van der Waals surface area contributed by atoms with E-state index in [9.17, 15) is 0 Å². The van der Waals surface area contributed by atoms with Crippen LogP contribution in [0.15, 0.2) is 24.3 Å². The summed E-state index contributed by atoms with van der Waals surface area (Å²) in [5, 5.41) is 3.64. The van der Waals surface area contributed by atoms with E-state index >= 15 is 0 Å². The van der Waals surface area contributed by atoms with Gasteiger partial charge >= 0.3 is 0 Å². The number of nitrogens with one attached hydrogen (secondary N) is 1. The van der Waals surface area contributed by atoms with E-state index in [1.807, 2.05) is 0 Å². The van der Waals surface area contributed by atoms with Gasteiger partial charge in [-0.1, -0.05) is 13.0 Å². The van der Waals surface area contributed by atoms with Crippen LogP contribution in [0, 0.1) is 0 Å². The Morgan fingerprint density at radius 2 is 2.11 bits per heavy atom. The zero-order chi connectivity index (χ0) is 14.0. The van der Waals surface area contributed by atoms with E-state index in [1.54, 1.807) is 0 Å². The highest BCUT2D eigenvalue weighted by Gasteiger charge is 2.31. The van der Waals surface area contributed by atoms with Crippen molar-refractivity contribution < 1.29 is 0 Å². The third-order valence-electron chi connectivity index (χ3n) is 3.97. The molecule has 2 rings (SSSR count). The molecule has 1 N–H and O–H groups in total. The first kappa shape index (κ1) is 14.2. The first-order chi connectivity index (χ1) is 8.93. The molecule has 0 spiro atoms. The van der Waals surface area contributed by atoms with Gasteiger partial charge in [0.2, 0.25) is 0 Å². The molecule has 19 heavy (non-hydrogen) atoms. The molecule has 1 fully saturated rings. The monoisotopic (exact) mass is 261 g/mol. The zero-order valence-electron chi connectivity index (χ0n) is 12.9. The van der Waals surface area contributed by atoms with Crippen LogP contribution in [0.3, 0.4) is 0 Å². The molecule has 1 aromatic rings. The summed E-state index contributed by atoms with van der Waals surface area (Å²) < 4.78 is 0. The lowest BCUT2D eigenvalue weighted by Gasteiger charge is -2.46. The maximum Gasteiger partial charge on any atom is 0.0412 e. The van der Waals surface area contributed by atoms with Crippen molar-refractivity contribution in [3.05, 3.63) is 24.3 Å². The van der Waals surface area contributed by atoms with Crippen molar-refractivity contribution in [2.75, 3.05) is 37.0 Å². The van der Waals surface area contributed by atoms with Crippen LogP contribution in [-0.2, 0) is 0 Å². The van der Waals surface area contributed by atoms with Crippen LogP contribution in [0.2, 0.25) is 0 Å². The van der Waals surface area contributed by atoms with Gasteiger partial charge in [0.25, 0.3) is 0 Å². The fraction of sp³-hybridized carbons (Fsp3) is 0.625. The normalized spacial score (nSPS) is 22.4. The molecule has 1 unspecified atom stereocenters. The van der Waals surface area contributed by atoms with E-state index in [0.29, 0.717) is 6.04 Å². The average molecular weight is 261 g/mol. The summed E-state index contributed by atoms with van der Waals surface area (Å²) in [7, 11) is 4.19. The molecule has 1 heterocycles. The maximum absolute atomic E-state index is 3.64. The summed E-state index contributed by atoms with van der Waals surface area (Å²) in [6.45, 7) is 8.95. The predicted molar refractivity (Wildman–Crippen MR) is 84.3 cm³/mol. The molecular weight excluding hydrogens is 234 g/mol. The quantitative estimate of drug-likeness (QED) is 0.902. The summed E-state index contributed by atoms with van der Waals surface area (Å²) in [5.74, 6) is 0. The minimum atomic E-state index is 0.180. The Labute approximate surface area is 117 Å². The summed E-state index contributed by atoms with van der Waals surface area (Å²) in [4.78, 5) is 4.72. The van der Waals surface area contributed by atoms with E-state index in [4.69, 9.17) is 0 Å². The summed E-state index contributed by atoms with van der Waals surface area (Å²) in [6.07, 6.45) is 1.18. The van der Waals surface area contributed by atoms with Crippen LogP contribution in [-0.4, -0.2) is 38.8 Å². The van der Waals surface area contributed by atoms with Crippen LogP contribution < -0.4 is 15.1 Å². The molecule has 1 atom stereocenters. The first-order valence-electron chi connectivity index (χ1n) is 7.22. The predicted octanol–water partition coefficient (Wildman–Crippen LogP) is 2.72. The molecule has 0 aromatic heterocycles. The fourth-order valence-corrected chi connectivity index (χ4v) is 2.73. The van der Waals surface area contributed by atoms with Gasteiger partial charge in [0.05, 0.1) is 0 Å². The topological polar surface area (TPSA) is 18.5 Å². The van der Waals surface area contributed by atoms with E-state index in [0.717, 1.165) is 13.1 Å². The van der Waals surface area contributed by atoms with Gasteiger partial charge in [-0.15, -0.1) is 0 Å². The SMILES string of the molecule is CCC1CNC(C)(C)CN1c1cccc(N(C)C)c1. The largest absolute Gasteiger partial charge is 0.378 e. The minimum absolute atomic E-state index is 0.180. The lowest BCUT2D eigenvalue weighted by Crippen LogP contribution is -2.61. The molecule has 106 valence electrons. The molecule has 0 amide bonds. The third kappa shape index (κ3) is 3.21. The van der Waals surface area contributed by atoms with Crippen molar-refractivity contribution >= 4 is 11.4 Å². The van der Waals surface area contributed by atoms with Crippen LogP contribution in [0.5, 0.6) is 0 Å². The van der Waals surface area contributed by atoms with Gasteiger partial charge in [-0.3, -0.25) is 0 Å². The second-order valence-corrected chi connectivity index (χ2v) is 6.37. The van der Waals surface area contributed by atoms with Crippen molar-refractivity contribution in [3.63, 3.8) is 0 Å². The highest BCUT2D eigenvalue weighted by molar-refractivity contribution is 5.59. The molecule has 3 nitrogen and oxygen atoms in total. The molecule has 1 aliphatic rings. The van der Waals surface area contributed by atoms with Crippen LogP contribution >= 0.6 is 0 Å². The Morgan fingerprint density at radius 3 is 2.74 bits per heavy atom. The number of anilines is 2. The summed E-state index contributed by atoms with van der Waals surface area (Å²) >= 11 is 0. The molecule has 0 radical (unpaired) electrons. The zero-order valence-corrected chi connectivity index (χ0v) is 12.9. The number of benzene rings is 1. The molecule has 0 aliphatic carbocycles. The Morgan fingerprint density at radius 1 is 1.37 bits per heavy atom. The number of hydrogen-bond acceptors (Lipinski definition) is 3. The molecule has 1 saturated heterocycles. The van der Waals surface area contributed by atoms with Gasteiger partial charge in [-0.25, -0.2) is 0 Å². The standard InChI is InChI=1S/C16H27N3/c1-6-13-11-17-16(2,3)12-19(13)15-9-7-8-14(10-15)18(4)5/h7-10,13,17H,6,11-12H2,1-5H3. The second-order valence-electron chi connectivity index (χ2n) is 6.37. The van der Waals surface area contributed by atoms with Gasteiger partial charge in [0, 0.05) is 50.1 Å². The van der Waals surface area contributed by atoms with E-state index in [1.165, 1.54) is 17.8 Å². The van der Waals surface area contributed by atoms with E-state index in [2.05, 4.69) is 74.2 Å². The van der Waals surface area contributed by atoms with Crippen molar-refractivity contribution in [1.82, 2.24) is 5.32 Å². The number of rotatable bonds is 3. The molecule has 0 saturated carbocycles. The number of piperazine rings is 1. The lowest BCUT2D eigenvalue weighted by atomic mass is 9.96. The minimum Gasteiger partial charge on any atom is -0.378 e. The van der Waals surface area contributed by atoms with Gasteiger partial charge in [0.1, 0.15) is 0 Å². The lowest BCUT2D eigenvalue weighted by molar-refractivity contribution is 0.306. The Hall–Kier alpha value is -1.22. The smallest absolute Gasteiger partial charge is 0.0412 e. The number of nitrogens with zero attached hydrogens (tertiary/aromatic N) is 2. The molecule has 0 bridgehead atoms. The van der Waals surface area contributed by atoms with Crippen LogP contribution in [0.4, 0.5) is 11.4 Å². The Balaban J connectivity index is 2.28. The van der Waals surface area contributed by atoms with E-state index in [-0.39, 0.29) is 5.54 Å². The first-order valence-corrected chi connectivity index (χ1v) is 7.22. The third-order valence-corrected chi connectivity index (χ3v) is 3.97. The van der Waals surface area contributed by atoms with Crippen LogP contribution in [0.25, 0.3) is 0 Å². The molecular formula is C16H27N3. The van der Waals surface area contributed by atoms with E-state index < -0.39 is 0 Å². The Kier molecular flexibility index (Phi) is 4.04. The van der Waals surface area contributed by atoms with Gasteiger partial charge in [-0.05, 0) is 38.5 Å². The summed E-state index contributed by atoms with van der Waals surface area (Å²) in [6, 6.07) is 9.44. The van der Waals surface area contributed by atoms with Gasteiger partial charge in [-0.2, -0.15) is 0 Å². The van der Waals surface area contributed by atoms with Crippen molar-refractivity contribution in [3.8, 4) is 0 Å². The highest BCUT2D eigenvalue weighted by Crippen LogP contribution is 2.27. The van der Waals surface area contributed by atoms with Crippen molar-refractivity contribution in [2.24, 2.45) is 0 Å². The van der Waals surface area contributed by atoms with Crippen molar-refractivity contribution in [2.45, 2.75) is 38.8 Å². The molecule has 1 aliphatic heterocycles. The van der Waals surface area contributed by atoms with Gasteiger partial charge < -0.3 is 15.1 Å². The maximum atomic E-state index is 3.64. The fourth-order valence-electron chi connectivity index (χ4n) is 2.73. The van der Waals surface area contributed by atoms with Crippen LogP contribution in [0.1, 0.15) is 27.2 Å². The molecule has 3 heteroatoms. The molecule has 1 aromatic carbocycles. The number of hydrogen-bond donors (Lipinski definition) is 1. The Bertz CT molecular complexity index is 426.